The summed E-state index contributed by atoms with van der Waals surface area (Å²) in [6.07, 6.45) is 1.46. The van der Waals surface area contributed by atoms with Gasteiger partial charge in [-0.2, -0.15) is 5.26 Å². The van der Waals surface area contributed by atoms with Crippen LogP contribution in [-0.4, -0.2) is 17.0 Å². The molecule has 154 valence electrons. The number of hydrogen-bond donors (Lipinski definition) is 2. The third-order valence-electron chi connectivity index (χ3n) is 4.26. The van der Waals surface area contributed by atoms with Crippen LogP contribution in [0.2, 0.25) is 0 Å². The maximum atomic E-state index is 12.4. The molecule has 0 saturated carbocycles. The van der Waals surface area contributed by atoms with Crippen molar-refractivity contribution in [2.24, 2.45) is 0 Å². The number of carboxylic acids is 1. The standard InChI is InChI=1S/C24H17BrN2O4/c25-21-13-17(6-11-22(21)31-15-16-4-2-1-3-5-16)12-19(14-26)23(28)27-20-9-7-18(8-10-20)24(29)30/h1-13H,15H2,(H,27,28)(H,29,30)/b19-12+. The van der Waals surface area contributed by atoms with Gasteiger partial charge in [0.05, 0.1) is 10.0 Å². The first-order chi connectivity index (χ1) is 15.0. The van der Waals surface area contributed by atoms with Crippen molar-refractivity contribution in [3.05, 3.63) is 99.5 Å². The fraction of sp³-hybridized carbons (Fsp3) is 0.0417. The van der Waals surface area contributed by atoms with E-state index in [1.807, 2.05) is 36.4 Å². The molecule has 0 aliphatic heterocycles. The molecule has 0 bridgehead atoms. The Morgan fingerprint density at radius 1 is 1.06 bits per heavy atom. The highest BCUT2D eigenvalue weighted by molar-refractivity contribution is 9.10. The van der Waals surface area contributed by atoms with Gasteiger partial charge in [0, 0.05) is 5.69 Å². The van der Waals surface area contributed by atoms with E-state index in [0.717, 1.165) is 5.56 Å². The summed E-state index contributed by atoms with van der Waals surface area (Å²) in [5.74, 6) is -1.01. The predicted octanol–water partition coefficient (Wildman–Crippen LogP) is 5.27. The summed E-state index contributed by atoms with van der Waals surface area (Å²) in [6, 6.07) is 22.6. The summed E-state index contributed by atoms with van der Waals surface area (Å²) in [5, 5.41) is 20.9. The lowest BCUT2D eigenvalue weighted by Crippen LogP contribution is -2.13. The van der Waals surface area contributed by atoms with Gasteiger partial charge in [-0.3, -0.25) is 4.79 Å². The number of rotatable bonds is 7. The number of nitrogens with one attached hydrogen (secondary N) is 1. The van der Waals surface area contributed by atoms with Gasteiger partial charge in [0.15, 0.2) is 0 Å². The third kappa shape index (κ3) is 6.04. The second kappa shape index (κ2) is 10.2. The lowest BCUT2D eigenvalue weighted by molar-refractivity contribution is -0.112. The van der Waals surface area contributed by atoms with E-state index in [9.17, 15) is 14.9 Å². The Labute approximate surface area is 187 Å². The van der Waals surface area contributed by atoms with E-state index in [-0.39, 0.29) is 11.1 Å². The lowest BCUT2D eigenvalue weighted by Gasteiger charge is -2.09. The second-order valence-electron chi connectivity index (χ2n) is 6.47. The molecule has 0 radical (unpaired) electrons. The lowest BCUT2D eigenvalue weighted by atomic mass is 10.1. The summed E-state index contributed by atoms with van der Waals surface area (Å²) in [4.78, 5) is 23.3. The zero-order valence-corrected chi connectivity index (χ0v) is 17.8. The molecule has 3 aromatic rings. The minimum Gasteiger partial charge on any atom is -0.488 e. The molecular formula is C24H17BrN2O4. The van der Waals surface area contributed by atoms with Crippen molar-refractivity contribution in [3.8, 4) is 11.8 Å². The molecule has 0 aliphatic rings. The molecule has 0 heterocycles. The Morgan fingerprint density at radius 3 is 2.39 bits per heavy atom. The number of nitriles is 1. The highest BCUT2D eigenvalue weighted by atomic mass is 79.9. The largest absolute Gasteiger partial charge is 0.488 e. The van der Waals surface area contributed by atoms with Crippen molar-refractivity contribution in [1.82, 2.24) is 0 Å². The zero-order valence-electron chi connectivity index (χ0n) is 16.2. The Kier molecular flexibility index (Phi) is 7.20. The van der Waals surface area contributed by atoms with E-state index < -0.39 is 11.9 Å². The molecule has 0 spiro atoms. The average molecular weight is 477 g/mol. The molecule has 3 rings (SSSR count). The fourth-order valence-electron chi connectivity index (χ4n) is 2.67. The van der Waals surface area contributed by atoms with Crippen LogP contribution >= 0.6 is 15.9 Å². The highest BCUT2D eigenvalue weighted by Crippen LogP contribution is 2.28. The van der Waals surface area contributed by atoms with Crippen LogP contribution < -0.4 is 10.1 Å². The van der Waals surface area contributed by atoms with Gasteiger partial charge in [-0.25, -0.2) is 4.79 Å². The molecule has 3 aromatic carbocycles. The highest BCUT2D eigenvalue weighted by Gasteiger charge is 2.11. The fourth-order valence-corrected chi connectivity index (χ4v) is 3.18. The molecule has 2 N–H and O–H groups in total. The number of amides is 1. The number of ether oxygens (including phenoxy) is 1. The van der Waals surface area contributed by atoms with Crippen molar-refractivity contribution in [2.75, 3.05) is 5.32 Å². The van der Waals surface area contributed by atoms with Gasteiger partial charge in [0.2, 0.25) is 0 Å². The molecule has 0 fully saturated rings. The van der Waals surface area contributed by atoms with Gasteiger partial charge >= 0.3 is 5.97 Å². The van der Waals surface area contributed by atoms with Crippen molar-refractivity contribution >= 4 is 39.6 Å². The molecule has 31 heavy (non-hydrogen) atoms. The number of carboxylic acid groups (broad SMARTS) is 1. The molecule has 0 aromatic heterocycles. The van der Waals surface area contributed by atoms with E-state index in [1.165, 1.54) is 30.3 Å². The summed E-state index contributed by atoms with van der Waals surface area (Å²) in [6.45, 7) is 0.418. The third-order valence-corrected chi connectivity index (χ3v) is 4.88. The number of benzene rings is 3. The van der Waals surface area contributed by atoms with Gasteiger partial charge in [0.1, 0.15) is 24.0 Å². The average Bonchev–Trinajstić information content (AvgIpc) is 2.77. The van der Waals surface area contributed by atoms with Gasteiger partial charge in [-0.1, -0.05) is 36.4 Å². The first kappa shape index (κ1) is 21.8. The first-order valence-corrected chi connectivity index (χ1v) is 9.98. The van der Waals surface area contributed by atoms with E-state index in [1.54, 1.807) is 18.2 Å². The topological polar surface area (TPSA) is 99.4 Å². The minimum absolute atomic E-state index is 0.0906. The van der Waals surface area contributed by atoms with E-state index in [0.29, 0.717) is 28.1 Å². The summed E-state index contributed by atoms with van der Waals surface area (Å²) >= 11 is 3.46. The van der Waals surface area contributed by atoms with Gasteiger partial charge < -0.3 is 15.2 Å². The van der Waals surface area contributed by atoms with Crippen LogP contribution in [-0.2, 0) is 11.4 Å². The molecule has 7 heteroatoms. The molecule has 6 nitrogen and oxygen atoms in total. The number of carbonyl (C=O) groups is 2. The number of nitrogens with zero attached hydrogens (tertiary/aromatic N) is 1. The first-order valence-electron chi connectivity index (χ1n) is 9.19. The van der Waals surface area contributed by atoms with Crippen LogP contribution in [0.15, 0.2) is 82.8 Å². The minimum atomic E-state index is -1.06. The van der Waals surface area contributed by atoms with Crippen LogP contribution in [0.1, 0.15) is 21.5 Å². The van der Waals surface area contributed by atoms with Crippen molar-refractivity contribution in [1.29, 1.82) is 5.26 Å². The molecule has 0 saturated heterocycles. The molecular weight excluding hydrogens is 460 g/mol. The van der Waals surface area contributed by atoms with Crippen LogP contribution in [0.3, 0.4) is 0 Å². The number of halogens is 1. The van der Waals surface area contributed by atoms with Gasteiger partial charge in [-0.15, -0.1) is 0 Å². The monoisotopic (exact) mass is 476 g/mol. The summed E-state index contributed by atoms with van der Waals surface area (Å²) in [7, 11) is 0. The van der Waals surface area contributed by atoms with Crippen molar-refractivity contribution in [3.63, 3.8) is 0 Å². The number of anilines is 1. The smallest absolute Gasteiger partial charge is 0.335 e. The predicted molar refractivity (Wildman–Crippen MR) is 121 cm³/mol. The summed E-state index contributed by atoms with van der Waals surface area (Å²) < 4.78 is 6.50. The molecule has 0 unspecified atom stereocenters. The summed E-state index contributed by atoms with van der Waals surface area (Å²) in [5.41, 5.74) is 2.09. The Bertz CT molecular complexity index is 1170. The number of hydrogen-bond acceptors (Lipinski definition) is 4. The maximum Gasteiger partial charge on any atom is 0.335 e. The van der Waals surface area contributed by atoms with Crippen LogP contribution in [0.5, 0.6) is 5.75 Å². The van der Waals surface area contributed by atoms with E-state index >= 15 is 0 Å². The quantitative estimate of drug-likeness (QED) is 0.357. The number of carbonyl (C=O) groups excluding carboxylic acids is 1. The molecule has 0 atom stereocenters. The van der Waals surface area contributed by atoms with Crippen molar-refractivity contribution < 1.29 is 19.4 Å². The van der Waals surface area contributed by atoms with Crippen molar-refractivity contribution in [2.45, 2.75) is 6.61 Å². The van der Waals surface area contributed by atoms with Gasteiger partial charge in [0.25, 0.3) is 5.91 Å². The van der Waals surface area contributed by atoms with Gasteiger partial charge in [-0.05, 0) is 69.5 Å². The Hall–Kier alpha value is -3.89. The SMILES string of the molecule is N#C/C(=C\c1ccc(OCc2ccccc2)c(Br)c1)C(=O)Nc1ccc(C(=O)O)cc1. The van der Waals surface area contributed by atoms with Crippen LogP contribution in [0.25, 0.3) is 6.08 Å². The number of aromatic carboxylic acids is 1. The van der Waals surface area contributed by atoms with E-state index in [4.69, 9.17) is 9.84 Å². The van der Waals surface area contributed by atoms with E-state index in [2.05, 4.69) is 21.2 Å². The molecule has 1 amide bonds. The maximum absolute atomic E-state index is 12.4. The normalized spacial score (nSPS) is 10.8. The van der Waals surface area contributed by atoms with Crippen LogP contribution in [0, 0.1) is 11.3 Å². The Balaban J connectivity index is 1.69. The Morgan fingerprint density at radius 2 is 1.77 bits per heavy atom. The zero-order chi connectivity index (χ0) is 22.2. The second-order valence-corrected chi connectivity index (χ2v) is 7.32. The van der Waals surface area contributed by atoms with Crippen LogP contribution in [0.4, 0.5) is 5.69 Å². The molecule has 0 aliphatic carbocycles.